The van der Waals surface area contributed by atoms with Crippen LogP contribution in [0.2, 0.25) is 0 Å². The van der Waals surface area contributed by atoms with Crippen molar-refractivity contribution in [1.29, 1.82) is 0 Å². The molecule has 158 valence electrons. The molecule has 2 saturated heterocycles. The van der Waals surface area contributed by atoms with Crippen LogP contribution < -0.4 is 0 Å². The minimum absolute atomic E-state index is 0.0501. The van der Waals surface area contributed by atoms with Gasteiger partial charge in [-0.2, -0.15) is 5.10 Å². The van der Waals surface area contributed by atoms with E-state index in [4.69, 9.17) is 5.10 Å². The summed E-state index contributed by atoms with van der Waals surface area (Å²) in [6, 6.07) is 0.104. The van der Waals surface area contributed by atoms with E-state index in [0.717, 1.165) is 68.7 Å². The molecule has 29 heavy (non-hydrogen) atoms. The first-order valence-corrected chi connectivity index (χ1v) is 10.8. The first-order valence-electron chi connectivity index (χ1n) is 10.8. The number of hydrogen-bond acceptors (Lipinski definition) is 4. The molecule has 1 aromatic rings. The summed E-state index contributed by atoms with van der Waals surface area (Å²) in [7, 11) is 0. The summed E-state index contributed by atoms with van der Waals surface area (Å²) in [4.78, 5) is 40.8. The lowest BCUT2D eigenvalue weighted by molar-refractivity contribution is -0.130. The van der Waals surface area contributed by atoms with Crippen LogP contribution in [0, 0.1) is 5.41 Å². The fraction of sp³-hybridized carbons (Fsp3) is 0.727. The maximum atomic E-state index is 13.2. The largest absolute Gasteiger partial charge is 0.343 e. The fourth-order valence-corrected chi connectivity index (χ4v) is 5.39. The molecule has 0 radical (unpaired) electrons. The molecule has 2 amide bonds. The summed E-state index contributed by atoms with van der Waals surface area (Å²) in [5, 5.41) is 5.01. The maximum absolute atomic E-state index is 13.2. The third-order valence-corrected chi connectivity index (χ3v) is 6.83. The first-order chi connectivity index (χ1) is 13.7. The Bertz CT molecular complexity index is 848. The molecule has 0 bridgehead atoms. The number of fused-ring (bicyclic) bond motifs is 1. The van der Waals surface area contributed by atoms with E-state index in [0.29, 0.717) is 6.42 Å². The van der Waals surface area contributed by atoms with E-state index in [1.807, 2.05) is 9.80 Å². The standard InChI is InChI=1S/C22H32N4O3/c1-14(27)24-10-7-16(8-11-24)26-18-12-22(3,4)13-19(29)20(18)21(23-26)17-6-5-9-25(17)15(2)28/h16-17H,5-13H2,1-4H3/t17-/m1/s1. The summed E-state index contributed by atoms with van der Waals surface area (Å²) in [6.07, 6.45) is 4.85. The number of likely N-dealkylation sites (tertiary alicyclic amines) is 2. The Balaban J connectivity index is 1.74. The lowest BCUT2D eigenvalue weighted by Gasteiger charge is -2.34. The quantitative estimate of drug-likeness (QED) is 0.765. The molecule has 3 aliphatic rings. The van der Waals surface area contributed by atoms with Gasteiger partial charge in [0.05, 0.1) is 29.0 Å². The highest BCUT2D eigenvalue weighted by Gasteiger charge is 2.42. The number of Topliss-reactive ketones (excluding diaryl/α,β-unsaturated/α-hetero) is 1. The zero-order chi connectivity index (χ0) is 20.9. The van der Waals surface area contributed by atoms with E-state index < -0.39 is 0 Å². The summed E-state index contributed by atoms with van der Waals surface area (Å²) in [5.74, 6) is 0.328. The average Bonchev–Trinajstić information content (AvgIpc) is 3.25. The summed E-state index contributed by atoms with van der Waals surface area (Å²) in [5.41, 5.74) is 2.53. The van der Waals surface area contributed by atoms with E-state index in [-0.39, 0.29) is 35.1 Å². The smallest absolute Gasteiger partial charge is 0.220 e. The molecule has 7 nitrogen and oxygen atoms in total. The van der Waals surface area contributed by atoms with Crippen molar-refractivity contribution in [3.05, 3.63) is 17.0 Å². The number of carbonyl (C=O) groups excluding carboxylic acids is 3. The number of nitrogens with zero attached hydrogens (tertiary/aromatic N) is 4. The van der Waals surface area contributed by atoms with Crippen LogP contribution >= 0.6 is 0 Å². The second-order valence-electron chi connectivity index (χ2n) is 9.70. The third kappa shape index (κ3) is 3.60. The van der Waals surface area contributed by atoms with Crippen molar-refractivity contribution in [3.8, 4) is 0 Å². The van der Waals surface area contributed by atoms with Crippen molar-refractivity contribution in [3.63, 3.8) is 0 Å². The Morgan fingerprint density at radius 2 is 1.69 bits per heavy atom. The molecule has 0 unspecified atom stereocenters. The summed E-state index contributed by atoms with van der Waals surface area (Å²) < 4.78 is 2.09. The van der Waals surface area contributed by atoms with Crippen molar-refractivity contribution in [1.82, 2.24) is 19.6 Å². The molecular weight excluding hydrogens is 368 g/mol. The topological polar surface area (TPSA) is 75.5 Å². The molecule has 3 heterocycles. The number of amides is 2. The van der Waals surface area contributed by atoms with Gasteiger partial charge in [0, 0.05) is 39.9 Å². The molecule has 0 N–H and O–H groups in total. The van der Waals surface area contributed by atoms with Gasteiger partial charge in [-0.25, -0.2) is 0 Å². The highest BCUT2D eigenvalue weighted by molar-refractivity contribution is 6.00. The Morgan fingerprint density at radius 1 is 1.00 bits per heavy atom. The van der Waals surface area contributed by atoms with Gasteiger partial charge in [0.25, 0.3) is 0 Å². The number of aromatic nitrogens is 2. The van der Waals surface area contributed by atoms with E-state index in [2.05, 4.69) is 18.5 Å². The molecule has 1 aromatic heterocycles. The number of carbonyl (C=O) groups is 3. The Labute approximate surface area is 172 Å². The molecule has 7 heteroatoms. The monoisotopic (exact) mass is 400 g/mol. The fourth-order valence-electron chi connectivity index (χ4n) is 5.39. The molecule has 0 spiro atoms. The number of rotatable bonds is 2. The summed E-state index contributed by atoms with van der Waals surface area (Å²) in [6.45, 7) is 9.68. The Morgan fingerprint density at radius 3 is 2.31 bits per heavy atom. The highest BCUT2D eigenvalue weighted by atomic mass is 16.2. The van der Waals surface area contributed by atoms with Crippen LogP contribution in [0.4, 0.5) is 0 Å². The van der Waals surface area contributed by atoms with Gasteiger partial charge in [-0.15, -0.1) is 0 Å². The van der Waals surface area contributed by atoms with Crippen molar-refractivity contribution in [2.75, 3.05) is 19.6 Å². The first kappa shape index (κ1) is 20.1. The maximum Gasteiger partial charge on any atom is 0.220 e. The van der Waals surface area contributed by atoms with Crippen molar-refractivity contribution >= 4 is 17.6 Å². The molecule has 2 fully saturated rings. The second kappa shape index (κ2) is 7.26. The third-order valence-electron chi connectivity index (χ3n) is 6.83. The van der Waals surface area contributed by atoms with Crippen molar-refractivity contribution < 1.29 is 14.4 Å². The van der Waals surface area contributed by atoms with Crippen LogP contribution in [0.1, 0.15) is 93.6 Å². The molecule has 2 aliphatic heterocycles. The van der Waals surface area contributed by atoms with Gasteiger partial charge in [-0.1, -0.05) is 13.8 Å². The molecule has 1 aliphatic carbocycles. The number of piperidine rings is 1. The van der Waals surface area contributed by atoms with Crippen LogP contribution in [-0.4, -0.2) is 56.8 Å². The van der Waals surface area contributed by atoms with E-state index >= 15 is 0 Å². The molecule has 4 rings (SSSR count). The van der Waals surface area contributed by atoms with Gasteiger partial charge in [-0.05, 0) is 37.5 Å². The van der Waals surface area contributed by atoms with Crippen molar-refractivity contribution in [2.24, 2.45) is 5.41 Å². The lowest BCUT2D eigenvalue weighted by Crippen LogP contribution is -2.38. The predicted molar refractivity (Wildman–Crippen MR) is 109 cm³/mol. The Kier molecular flexibility index (Phi) is 5.03. The summed E-state index contributed by atoms with van der Waals surface area (Å²) >= 11 is 0. The highest BCUT2D eigenvalue weighted by Crippen LogP contribution is 2.42. The molecular formula is C22H32N4O3. The Hall–Kier alpha value is -2.18. The van der Waals surface area contributed by atoms with Gasteiger partial charge < -0.3 is 9.80 Å². The number of ketones is 1. The molecule has 0 aromatic carbocycles. The lowest BCUT2D eigenvalue weighted by atomic mass is 9.75. The van der Waals surface area contributed by atoms with Crippen LogP contribution in [0.3, 0.4) is 0 Å². The van der Waals surface area contributed by atoms with Gasteiger partial charge >= 0.3 is 0 Å². The normalized spacial score (nSPS) is 24.7. The van der Waals surface area contributed by atoms with Crippen LogP contribution in [0.25, 0.3) is 0 Å². The molecule has 1 atom stereocenters. The van der Waals surface area contributed by atoms with Gasteiger partial charge in [0.15, 0.2) is 5.78 Å². The van der Waals surface area contributed by atoms with Gasteiger partial charge in [0.2, 0.25) is 11.8 Å². The van der Waals surface area contributed by atoms with E-state index in [1.165, 1.54) is 0 Å². The number of hydrogen-bond donors (Lipinski definition) is 0. The van der Waals surface area contributed by atoms with E-state index in [9.17, 15) is 14.4 Å². The second-order valence-corrected chi connectivity index (χ2v) is 9.70. The van der Waals surface area contributed by atoms with Gasteiger partial charge in [-0.3, -0.25) is 19.1 Å². The minimum atomic E-state index is -0.0926. The zero-order valence-corrected chi connectivity index (χ0v) is 18.0. The minimum Gasteiger partial charge on any atom is -0.343 e. The SMILES string of the molecule is CC(=O)N1CCC(n2nc([C@H]3CCCN3C(C)=O)c3c2CC(C)(C)CC3=O)CC1. The van der Waals surface area contributed by atoms with Crippen LogP contribution in [-0.2, 0) is 16.0 Å². The molecule has 0 saturated carbocycles. The average molecular weight is 401 g/mol. The van der Waals surface area contributed by atoms with Crippen LogP contribution in [0.5, 0.6) is 0 Å². The van der Waals surface area contributed by atoms with Gasteiger partial charge in [0.1, 0.15) is 0 Å². The predicted octanol–water partition coefficient (Wildman–Crippen LogP) is 2.91. The van der Waals surface area contributed by atoms with E-state index in [1.54, 1.807) is 13.8 Å². The van der Waals surface area contributed by atoms with Crippen molar-refractivity contribution in [2.45, 2.75) is 78.3 Å². The zero-order valence-electron chi connectivity index (χ0n) is 18.0. The van der Waals surface area contributed by atoms with Crippen LogP contribution in [0.15, 0.2) is 0 Å².